The quantitative estimate of drug-likeness (QED) is 0.637. The van der Waals surface area contributed by atoms with Crippen molar-refractivity contribution in [1.82, 2.24) is 0 Å². The molecule has 24 heavy (non-hydrogen) atoms. The maximum Gasteiger partial charge on any atom is 0.269 e. The Balaban J connectivity index is 1.98. The van der Waals surface area contributed by atoms with E-state index in [1.165, 1.54) is 24.3 Å². The molecule has 7 nitrogen and oxygen atoms in total. The lowest BCUT2D eigenvalue weighted by Gasteiger charge is -2.07. The molecule has 2 aromatic rings. The number of hydrogen-bond donors (Lipinski definition) is 1. The third-order valence-corrected chi connectivity index (χ3v) is 4.70. The van der Waals surface area contributed by atoms with Crippen LogP contribution in [0.25, 0.3) is 0 Å². The molecule has 1 N–H and O–H groups in total. The summed E-state index contributed by atoms with van der Waals surface area (Å²) in [7, 11) is -3.68. The topological polar surface area (TPSA) is 106 Å². The Bertz CT molecular complexity index is 843. The predicted octanol–water partition coefficient (Wildman–Crippen LogP) is 2.46. The summed E-state index contributed by atoms with van der Waals surface area (Å²) in [5.41, 5.74) is 1.83. The Morgan fingerprint density at radius 2 is 1.67 bits per heavy atom. The van der Waals surface area contributed by atoms with E-state index in [1.54, 1.807) is 24.3 Å². The summed E-state index contributed by atoms with van der Waals surface area (Å²) < 4.78 is 24.2. The van der Waals surface area contributed by atoms with Crippen molar-refractivity contribution >= 4 is 27.1 Å². The lowest BCUT2D eigenvalue weighted by molar-refractivity contribution is -0.384. The smallest absolute Gasteiger partial charge is 0.269 e. The Kier molecular flexibility index (Phi) is 5.30. The number of rotatable bonds is 6. The van der Waals surface area contributed by atoms with Crippen molar-refractivity contribution in [2.75, 3.05) is 11.1 Å². The zero-order valence-electron chi connectivity index (χ0n) is 12.9. The van der Waals surface area contributed by atoms with E-state index in [9.17, 15) is 23.3 Å². The van der Waals surface area contributed by atoms with Gasteiger partial charge in [-0.15, -0.1) is 0 Å². The van der Waals surface area contributed by atoms with Crippen LogP contribution in [0, 0.1) is 17.0 Å². The van der Waals surface area contributed by atoms with E-state index in [2.05, 4.69) is 5.32 Å². The van der Waals surface area contributed by atoms with Crippen molar-refractivity contribution in [2.45, 2.75) is 12.7 Å². The van der Waals surface area contributed by atoms with E-state index in [0.717, 1.165) is 5.56 Å². The van der Waals surface area contributed by atoms with Gasteiger partial charge in [-0.25, -0.2) is 8.42 Å². The second-order valence-corrected chi connectivity index (χ2v) is 7.43. The first-order valence-electron chi connectivity index (χ1n) is 7.05. The number of nitro groups is 1. The van der Waals surface area contributed by atoms with Gasteiger partial charge in [-0.2, -0.15) is 0 Å². The van der Waals surface area contributed by atoms with Crippen molar-refractivity contribution in [2.24, 2.45) is 0 Å². The number of carbonyl (C=O) groups is 1. The molecular weight excluding hydrogens is 332 g/mol. The molecule has 126 valence electrons. The lowest BCUT2D eigenvalue weighted by atomic mass is 10.2. The molecule has 1 amide bonds. The molecule has 0 saturated carbocycles. The maximum atomic E-state index is 12.1. The van der Waals surface area contributed by atoms with Crippen LogP contribution in [0.2, 0.25) is 0 Å². The Labute approximate surface area is 139 Å². The van der Waals surface area contributed by atoms with Gasteiger partial charge in [0.15, 0.2) is 9.84 Å². The first-order valence-corrected chi connectivity index (χ1v) is 8.87. The molecule has 0 saturated heterocycles. The first-order chi connectivity index (χ1) is 11.2. The van der Waals surface area contributed by atoms with Gasteiger partial charge >= 0.3 is 0 Å². The Hall–Kier alpha value is -2.74. The maximum absolute atomic E-state index is 12.1. The molecule has 0 fully saturated rings. The van der Waals surface area contributed by atoms with E-state index in [-0.39, 0.29) is 11.4 Å². The minimum absolute atomic E-state index is 0.117. The highest BCUT2D eigenvalue weighted by molar-refractivity contribution is 7.91. The van der Waals surface area contributed by atoms with Crippen LogP contribution < -0.4 is 5.32 Å². The summed E-state index contributed by atoms with van der Waals surface area (Å²) in [6.07, 6.45) is 0. The molecule has 0 aliphatic heterocycles. The van der Waals surface area contributed by atoms with Crippen molar-refractivity contribution in [1.29, 1.82) is 0 Å². The number of benzene rings is 2. The van der Waals surface area contributed by atoms with E-state index in [1.807, 2.05) is 6.92 Å². The largest absolute Gasteiger partial charge is 0.325 e. The van der Waals surface area contributed by atoms with Crippen LogP contribution >= 0.6 is 0 Å². The molecule has 2 rings (SSSR count). The summed E-state index contributed by atoms with van der Waals surface area (Å²) in [4.78, 5) is 21.9. The average molecular weight is 348 g/mol. The number of non-ortho nitro benzene ring substituents is 1. The van der Waals surface area contributed by atoms with Crippen LogP contribution in [0.3, 0.4) is 0 Å². The molecule has 0 bridgehead atoms. The number of nitrogens with zero attached hydrogens (tertiary/aromatic N) is 1. The van der Waals surface area contributed by atoms with Crippen molar-refractivity contribution in [3.63, 3.8) is 0 Å². The van der Waals surface area contributed by atoms with Crippen molar-refractivity contribution < 1.29 is 18.1 Å². The van der Waals surface area contributed by atoms with Gasteiger partial charge in [0.05, 0.1) is 10.7 Å². The third-order valence-electron chi connectivity index (χ3n) is 3.22. The number of aryl methyl sites for hydroxylation is 1. The zero-order valence-corrected chi connectivity index (χ0v) is 13.7. The van der Waals surface area contributed by atoms with Crippen LogP contribution in [0.1, 0.15) is 11.1 Å². The van der Waals surface area contributed by atoms with Gasteiger partial charge in [-0.1, -0.05) is 29.8 Å². The highest BCUT2D eigenvalue weighted by Crippen LogP contribution is 2.15. The fourth-order valence-corrected chi connectivity index (χ4v) is 3.33. The normalized spacial score (nSPS) is 11.0. The fraction of sp³-hybridized carbons (Fsp3) is 0.188. The monoisotopic (exact) mass is 348 g/mol. The van der Waals surface area contributed by atoms with Crippen LogP contribution in [-0.2, 0) is 20.4 Å². The molecular formula is C16H16N2O5S. The molecule has 0 aromatic heterocycles. The number of hydrogen-bond acceptors (Lipinski definition) is 5. The van der Waals surface area contributed by atoms with Crippen LogP contribution in [0.5, 0.6) is 0 Å². The second-order valence-electron chi connectivity index (χ2n) is 5.37. The standard InChI is InChI=1S/C16H16N2O5S/c1-12-2-6-14(7-3-12)17-16(19)11-24(22,23)10-13-4-8-15(9-5-13)18(20)21/h2-9H,10-11H2,1H3,(H,17,19). The minimum Gasteiger partial charge on any atom is -0.325 e. The molecule has 0 radical (unpaired) electrons. The third kappa shape index (κ3) is 5.17. The van der Waals surface area contributed by atoms with Gasteiger partial charge in [0.1, 0.15) is 5.75 Å². The SMILES string of the molecule is Cc1ccc(NC(=O)CS(=O)(=O)Cc2ccc([N+](=O)[O-])cc2)cc1. The lowest BCUT2D eigenvalue weighted by Crippen LogP contribution is -2.23. The average Bonchev–Trinajstić information content (AvgIpc) is 2.49. The summed E-state index contributed by atoms with van der Waals surface area (Å²) >= 11 is 0. The number of sulfone groups is 1. The summed E-state index contributed by atoms with van der Waals surface area (Å²) in [5, 5.41) is 13.1. The van der Waals surface area contributed by atoms with Gasteiger partial charge in [0, 0.05) is 17.8 Å². The molecule has 0 aliphatic carbocycles. The van der Waals surface area contributed by atoms with Gasteiger partial charge in [0.2, 0.25) is 5.91 Å². The number of anilines is 1. The Morgan fingerprint density at radius 1 is 1.08 bits per heavy atom. The van der Waals surface area contributed by atoms with E-state index in [4.69, 9.17) is 0 Å². The molecule has 2 aromatic carbocycles. The van der Waals surface area contributed by atoms with E-state index >= 15 is 0 Å². The molecule has 0 atom stereocenters. The van der Waals surface area contributed by atoms with Gasteiger partial charge in [0.25, 0.3) is 5.69 Å². The zero-order chi connectivity index (χ0) is 17.7. The summed E-state index contributed by atoms with van der Waals surface area (Å²) in [5.74, 6) is -1.63. The van der Waals surface area contributed by atoms with Gasteiger partial charge in [-0.3, -0.25) is 14.9 Å². The van der Waals surface area contributed by atoms with Crippen LogP contribution in [0.4, 0.5) is 11.4 Å². The van der Waals surface area contributed by atoms with Crippen LogP contribution in [0.15, 0.2) is 48.5 Å². The molecule has 0 aliphatic rings. The number of carbonyl (C=O) groups excluding carboxylic acids is 1. The summed E-state index contributed by atoms with van der Waals surface area (Å²) in [6.45, 7) is 1.90. The number of amides is 1. The molecule has 0 unspecified atom stereocenters. The van der Waals surface area contributed by atoms with Gasteiger partial charge < -0.3 is 5.32 Å². The number of nitro benzene ring substituents is 1. The number of nitrogens with one attached hydrogen (secondary N) is 1. The highest BCUT2D eigenvalue weighted by atomic mass is 32.2. The molecule has 8 heteroatoms. The van der Waals surface area contributed by atoms with E-state index in [0.29, 0.717) is 11.3 Å². The fourth-order valence-electron chi connectivity index (χ4n) is 2.05. The highest BCUT2D eigenvalue weighted by Gasteiger charge is 2.18. The predicted molar refractivity (Wildman–Crippen MR) is 90.4 cm³/mol. The van der Waals surface area contributed by atoms with Crippen LogP contribution in [-0.4, -0.2) is 25.0 Å². The summed E-state index contributed by atoms with van der Waals surface area (Å²) in [6, 6.07) is 12.2. The van der Waals surface area contributed by atoms with Crippen molar-refractivity contribution in [3.8, 4) is 0 Å². The molecule has 0 spiro atoms. The minimum atomic E-state index is -3.68. The van der Waals surface area contributed by atoms with E-state index < -0.39 is 26.4 Å². The molecule has 0 heterocycles. The second kappa shape index (κ2) is 7.22. The Morgan fingerprint density at radius 3 is 2.21 bits per heavy atom. The van der Waals surface area contributed by atoms with Gasteiger partial charge in [-0.05, 0) is 24.6 Å². The first kappa shape index (κ1) is 17.6. The van der Waals surface area contributed by atoms with Crippen molar-refractivity contribution in [3.05, 3.63) is 69.8 Å².